The lowest BCUT2D eigenvalue weighted by Gasteiger charge is -2.26. The van der Waals surface area contributed by atoms with E-state index in [9.17, 15) is 0 Å². The smallest absolute Gasteiger partial charge is 0.156 e. The predicted molar refractivity (Wildman–Crippen MR) is 46.0 cm³/mol. The quantitative estimate of drug-likeness (QED) is 0.619. The fourth-order valence-electron chi connectivity index (χ4n) is 1.23. The summed E-state index contributed by atoms with van der Waals surface area (Å²) in [5, 5.41) is 7.84. The van der Waals surface area contributed by atoms with Gasteiger partial charge in [0.1, 0.15) is 6.33 Å². The van der Waals surface area contributed by atoms with Crippen LogP contribution < -0.4 is 0 Å². The Kier molecular flexibility index (Phi) is 1.60. The molecule has 4 nitrogen and oxygen atoms in total. The minimum absolute atomic E-state index is 0.520. The van der Waals surface area contributed by atoms with Crippen molar-refractivity contribution >= 4 is 6.20 Å². The Morgan fingerprint density at radius 2 is 2.25 bits per heavy atom. The Balaban J connectivity index is 2.24. The molecule has 2 heterocycles. The van der Waals surface area contributed by atoms with Gasteiger partial charge in [-0.1, -0.05) is 0 Å². The molecule has 64 valence electrons. The van der Waals surface area contributed by atoms with Crippen molar-refractivity contribution in [2.24, 2.45) is 0 Å². The summed E-state index contributed by atoms with van der Waals surface area (Å²) in [4.78, 5) is 2.23. The third-order valence-electron chi connectivity index (χ3n) is 2.05. The topological polar surface area (TPSA) is 34.0 Å². The number of aromatic nitrogens is 3. The Hall–Kier alpha value is -1.32. The van der Waals surface area contributed by atoms with Crippen LogP contribution in [0, 0.1) is 0 Å². The monoisotopic (exact) mass is 164 g/mol. The van der Waals surface area contributed by atoms with Gasteiger partial charge in [-0.25, -0.2) is 0 Å². The van der Waals surface area contributed by atoms with E-state index in [0.717, 1.165) is 12.4 Å². The van der Waals surface area contributed by atoms with Crippen LogP contribution in [-0.4, -0.2) is 25.7 Å². The first-order valence-electron chi connectivity index (χ1n) is 4.10. The first-order valence-corrected chi connectivity index (χ1v) is 4.10. The van der Waals surface area contributed by atoms with Crippen molar-refractivity contribution in [3.8, 4) is 0 Å². The maximum absolute atomic E-state index is 4.01. The summed E-state index contributed by atoms with van der Waals surface area (Å²) in [7, 11) is 0. The fourth-order valence-corrected chi connectivity index (χ4v) is 1.23. The van der Waals surface area contributed by atoms with Gasteiger partial charge in [0.05, 0.1) is 6.54 Å². The third-order valence-corrected chi connectivity index (χ3v) is 2.05. The zero-order chi connectivity index (χ0) is 8.55. The van der Waals surface area contributed by atoms with Crippen molar-refractivity contribution in [1.29, 1.82) is 0 Å². The van der Waals surface area contributed by atoms with Gasteiger partial charge in [-0.05, 0) is 13.8 Å². The van der Waals surface area contributed by atoms with Crippen LogP contribution in [0.1, 0.15) is 19.7 Å². The second kappa shape index (κ2) is 2.62. The molecule has 12 heavy (non-hydrogen) atoms. The summed E-state index contributed by atoms with van der Waals surface area (Å²) in [5.74, 6) is 1.01. The minimum atomic E-state index is 0.520. The first kappa shape index (κ1) is 7.34. The lowest BCUT2D eigenvalue weighted by Crippen LogP contribution is -2.28. The van der Waals surface area contributed by atoms with Gasteiger partial charge in [0.2, 0.25) is 0 Å². The van der Waals surface area contributed by atoms with Gasteiger partial charge in [0, 0.05) is 18.4 Å². The fraction of sp³-hybridized carbons (Fsp3) is 0.500. The summed E-state index contributed by atoms with van der Waals surface area (Å²) in [6.07, 6.45) is 5.78. The van der Waals surface area contributed by atoms with Crippen LogP contribution in [0.3, 0.4) is 0 Å². The average molecular weight is 164 g/mol. The Bertz CT molecular complexity index is 300. The van der Waals surface area contributed by atoms with Crippen LogP contribution >= 0.6 is 0 Å². The van der Waals surface area contributed by atoms with Crippen LogP contribution in [0.25, 0.3) is 6.20 Å². The second-order valence-corrected chi connectivity index (χ2v) is 3.22. The Morgan fingerprint density at radius 3 is 3.00 bits per heavy atom. The molecule has 0 N–H and O–H groups in total. The van der Waals surface area contributed by atoms with Crippen molar-refractivity contribution in [3.05, 3.63) is 18.4 Å². The van der Waals surface area contributed by atoms with E-state index in [1.165, 1.54) is 0 Å². The van der Waals surface area contributed by atoms with Crippen molar-refractivity contribution in [1.82, 2.24) is 19.7 Å². The maximum Gasteiger partial charge on any atom is 0.156 e. The van der Waals surface area contributed by atoms with E-state index in [-0.39, 0.29) is 0 Å². The normalized spacial score (nSPS) is 15.4. The second-order valence-electron chi connectivity index (χ2n) is 3.22. The Morgan fingerprint density at radius 1 is 1.42 bits per heavy atom. The van der Waals surface area contributed by atoms with Gasteiger partial charge in [0.15, 0.2) is 5.82 Å². The van der Waals surface area contributed by atoms with E-state index < -0.39 is 0 Å². The molecule has 0 aromatic carbocycles. The van der Waals surface area contributed by atoms with Crippen LogP contribution in [0.2, 0.25) is 0 Å². The molecule has 1 aliphatic heterocycles. The number of hydrogen-bond acceptors (Lipinski definition) is 3. The van der Waals surface area contributed by atoms with E-state index in [1.54, 1.807) is 6.33 Å². The molecule has 0 unspecified atom stereocenters. The van der Waals surface area contributed by atoms with Crippen LogP contribution in [0.15, 0.2) is 12.5 Å². The van der Waals surface area contributed by atoms with E-state index in [4.69, 9.17) is 0 Å². The lowest BCUT2D eigenvalue weighted by atomic mass is 10.3. The molecule has 1 aliphatic rings. The standard InChI is InChI=1S/C8H12N4/c1-7(2)11-3-4-12-6-9-10-8(12)5-11/h3-4,6-7H,5H2,1-2H3. The molecule has 1 aromatic rings. The molecule has 0 spiro atoms. The lowest BCUT2D eigenvalue weighted by molar-refractivity contribution is 0.289. The molecule has 0 amide bonds. The number of fused-ring (bicyclic) bond motifs is 1. The summed E-state index contributed by atoms with van der Waals surface area (Å²) in [6, 6.07) is 0.520. The van der Waals surface area contributed by atoms with Gasteiger partial charge >= 0.3 is 0 Å². The van der Waals surface area contributed by atoms with E-state index in [0.29, 0.717) is 6.04 Å². The molecular formula is C8H12N4. The van der Waals surface area contributed by atoms with Crippen molar-refractivity contribution in [3.63, 3.8) is 0 Å². The van der Waals surface area contributed by atoms with Crippen molar-refractivity contribution < 1.29 is 0 Å². The highest BCUT2D eigenvalue weighted by atomic mass is 15.3. The largest absolute Gasteiger partial charge is 0.366 e. The highest BCUT2D eigenvalue weighted by Crippen LogP contribution is 2.12. The van der Waals surface area contributed by atoms with E-state index >= 15 is 0 Å². The minimum Gasteiger partial charge on any atom is -0.366 e. The molecule has 0 bridgehead atoms. The molecule has 0 aliphatic carbocycles. The van der Waals surface area contributed by atoms with Gasteiger partial charge < -0.3 is 4.90 Å². The average Bonchev–Trinajstić information content (AvgIpc) is 2.49. The molecule has 4 heteroatoms. The van der Waals surface area contributed by atoms with E-state index in [2.05, 4.69) is 35.1 Å². The highest BCUT2D eigenvalue weighted by Gasteiger charge is 2.13. The van der Waals surface area contributed by atoms with Crippen molar-refractivity contribution in [2.45, 2.75) is 26.4 Å². The molecule has 0 fully saturated rings. The number of hydrogen-bond donors (Lipinski definition) is 0. The summed E-state index contributed by atoms with van der Waals surface area (Å²) in [6.45, 7) is 5.18. The molecule has 0 saturated carbocycles. The van der Waals surface area contributed by atoms with Crippen molar-refractivity contribution in [2.75, 3.05) is 0 Å². The molecule has 0 saturated heterocycles. The van der Waals surface area contributed by atoms with Gasteiger partial charge in [-0.3, -0.25) is 4.57 Å². The zero-order valence-corrected chi connectivity index (χ0v) is 7.31. The van der Waals surface area contributed by atoms with Crippen LogP contribution in [0.5, 0.6) is 0 Å². The van der Waals surface area contributed by atoms with Crippen LogP contribution in [0.4, 0.5) is 0 Å². The van der Waals surface area contributed by atoms with Gasteiger partial charge in [-0.2, -0.15) is 0 Å². The van der Waals surface area contributed by atoms with Gasteiger partial charge in [0.25, 0.3) is 0 Å². The zero-order valence-electron chi connectivity index (χ0n) is 7.31. The molecule has 0 radical (unpaired) electrons. The van der Waals surface area contributed by atoms with Crippen LogP contribution in [-0.2, 0) is 6.54 Å². The molecule has 2 rings (SSSR count). The maximum atomic E-state index is 4.01. The van der Waals surface area contributed by atoms with Gasteiger partial charge in [-0.15, -0.1) is 10.2 Å². The summed E-state index contributed by atoms with van der Waals surface area (Å²) in [5.41, 5.74) is 0. The molecule has 1 aromatic heterocycles. The summed E-state index contributed by atoms with van der Waals surface area (Å²) >= 11 is 0. The Labute approximate surface area is 71.5 Å². The molecule has 0 atom stereocenters. The predicted octanol–water partition coefficient (Wildman–Crippen LogP) is 0.930. The third kappa shape index (κ3) is 1.09. The van der Waals surface area contributed by atoms with E-state index in [1.807, 2.05) is 10.8 Å². The first-order chi connectivity index (χ1) is 5.77. The number of nitrogens with zero attached hydrogens (tertiary/aromatic N) is 4. The summed E-state index contributed by atoms with van der Waals surface area (Å²) < 4.78 is 1.94. The molecular weight excluding hydrogens is 152 g/mol. The highest BCUT2D eigenvalue weighted by molar-refractivity contribution is 5.26. The number of rotatable bonds is 1. The SMILES string of the molecule is CC(C)N1C=Cn2cnnc2C1.